The number of carbonyl (C=O) groups excluding carboxylic acids is 1. The molecule has 0 saturated heterocycles. The van der Waals surface area contributed by atoms with Crippen molar-refractivity contribution in [3.8, 4) is 0 Å². The average Bonchev–Trinajstić information content (AvgIpc) is 2.42. The lowest BCUT2D eigenvalue weighted by Crippen LogP contribution is -2.30. The lowest BCUT2D eigenvalue weighted by Gasteiger charge is -2.16. The fourth-order valence-corrected chi connectivity index (χ4v) is 1.72. The molecule has 0 aliphatic rings. The number of carbonyl (C=O) groups is 1. The van der Waals surface area contributed by atoms with E-state index in [1.54, 1.807) is 0 Å². The zero-order valence-electron chi connectivity index (χ0n) is 10.9. The van der Waals surface area contributed by atoms with Gasteiger partial charge in [-0.05, 0) is 50.6 Å². The molecular formula is C13H22N4O. The van der Waals surface area contributed by atoms with Crippen LogP contribution in [0.5, 0.6) is 0 Å². The number of nitrogens with two attached hydrogens (primary N) is 1. The van der Waals surface area contributed by atoms with Crippen molar-refractivity contribution in [3.63, 3.8) is 0 Å². The minimum Gasteiger partial charge on any atom is -0.306 e. The van der Waals surface area contributed by atoms with E-state index in [-0.39, 0.29) is 5.91 Å². The third-order valence-corrected chi connectivity index (χ3v) is 2.89. The van der Waals surface area contributed by atoms with Crippen molar-refractivity contribution in [1.29, 1.82) is 0 Å². The molecule has 5 heteroatoms. The Morgan fingerprint density at radius 3 is 2.72 bits per heavy atom. The summed E-state index contributed by atoms with van der Waals surface area (Å²) in [7, 11) is 2.10. The van der Waals surface area contributed by atoms with E-state index in [2.05, 4.69) is 22.4 Å². The second kappa shape index (κ2) is 8.60. The lowest BCUT2D eigenvalue weighted by molar-refractivity contribution is -0.121. The summed E-state index contributed by atoms with van der Waals surface area (Å²) in [6.07, 6.45) is 7.07. The Morgan fingerprint density at radius 2 is 2.06 bits per heavy atom. The highest BCUT2D eigenvalue weighted by atomic mass is 16.2. The number of hydrogen-bond acceptors (Lipinski definition) is 4. The molecule has 100 valence electrons. The van der Waals surface area contributed by atoms with Crippen molar-refractivity contribution in [2.45, 2.75) is 25.7 Å². The van der Waals surface area contributed by atoms with Crippen LogP contribution in [0.2, 0.25) is 0 Å². The molecule has 0 radical (unpaired) electrons. The van der Waals surface area contributed by atoms with Crippen LogP contribution in [-0.2, 0) is 11.2 Å². The second-order valence-electron chi connectivity index (χ2n) is 4.43. The van der Waals surface area contributed by atoms with Crippen molar-refractivity contribution in [1.82, 2.24) is 15.3 Å². The van der Waals surface area contributed by atoms with Gasteiger partial charge < -0.3 is 4.90 Å². The van der Waals surface area contributed by atoms with Gasteiger partial charge in [0.25, 0.3) is 0 Å². The Kier molecular flexibility index (Phi) is 6.98. The Balaban J connectivity index is 2.07. The van der Waals surface area contributed by atoms with E-state index in [1.165, 1.54) is 5.56 Å². The van der Waals surface area contributed by atoms with Gasteiger partial charge in [-0.3, -0.25) is 15.2 Å². The number of rotatable bonds is 8. The summed E-state index contributed by atoms with van der Waals surface area (Å²) in [5, 5.41) is 0. The standard InChI is InChI=1S/C13H22N4O/c1-17(10-3-2-4-13(18)16-14)11-7-12-5-8-15-9-6-12/h5-6,8-9H,2-4,7,10-11,14H2,1H3,(H,16,18). The van der Waals surface area contributed by atoms with Crippen LogP contribution >= 0.6 is 0 Å². The molecular weight excluding hydrogens is 228 g/mol. The van der Waals surface area contributed by atoms with Gasteiger partial charge in [0.05, 0.1) is 0 Å². The van der Waals surface area contributed by atoms with E-state index < -0.39 is 0 Å². The quantitative estimate of drug-likeness (QED) is 0.308. The van der Waals surface area contributed by atoms with Gasteiger partial charge in [-0.25, -0.2) is 5.84 Å². The van der Waals surface area contributed by atoms with Crippen LogP contribution < -0.4 is 11.3 Å². The summed E-state index contributed by atoms with van der Waals surface area (Å²) >= 11 is 0. The van der Waals surface area contributed by atoms with Crippen LogP contribution in [0.15, 0.2) is 24.5 Å². The first-order valence-electron chi connectivity index (χ1n) is 6.29. The molecule has 0 aliphatic heterocycles. The third-order valence-electron chi connectivity index (χ3n) is 2.89. The number of nitrogens with zero attached hydrogens (tertiary/aromatic N) is 2. The zero-order valence-corrected chi connectivity index (χ0v) is 10.9. The van der Waals surface area contributed by atoms with E-state index in [9.17, 15) is 4.79 Å². The molecule has 18 heavy (non-hydrogen) atoms. The molecule has 0 fully saturated rings. The molecule has 1 rings (SSSR count). The van der Waals surface area contributed by atoms with E-state index in [0.29, 0.717) is 6.42 Å². The van der Waals surface area contributed by atoms with Gasteiger partial charge in [-0.1, -0.05) is 0 Å². The number of nitrogens with one attached hydrogen (secondary N) is 1. The van der Waals surface area contributed by atoms with E-state index >= 15 is 0 Å². The summed E-state index contributed by atoms with van der Waals surface area (Å²) in [5.74, 6) is 4.92. The van der Waals surface area contributed by atoms with Crippen molar-refractivity contribution < 1.29 is 4.79 Å². The normalized spacial score (nSPS) is 10.6. The van der Waals surface area contributed by atoms with Crippen LogP contribution in [0.4, 0.5) is 0 Å². The van der Waals surface area contributed by atoms with Gasteiger partial charge in [0.2, 0.25) is 5.91 Å². The highest BCUT2D eigenvalue weighted by Gasteiger charge is 2.01. The minimum absolute atomic E-state index is 0.0885. The number of unbranched alkanes of at least 4 members (excludes halogenated alkanes) is 1. The van der Waals surface area contributed by atoms with E-state index in [4.69, 9.17) is 5.84 Å². The van der Waals surface area contributed by atoms with Crippen LogP contribution in [0.25, 0.3) is 0 Å². The lowest BCUT2D eigenvalue weighted by atomic mass is 10.2. The second-order valence-corrected chi connectivity index (χ2v) is 4.43. The molecule has 0 atom stereocenters. The predicted molar refractivity (Wildman–Crippen MR) is 71.6 cm³/mol. The first-order chi connectivity index (χ1) is 8.72. The van der Waals surface area contributed by atoms with E-state index in [0.717, 1.165) is 32.4 Å². The smallest absolute Gasteiger partial charge is 0.233 e. The summed E-state index contributed by atoms with van der Waals surface area (Å²) in [6.45, 7) is 2.02. The molecule has 3 N–H and O–H groups in total. The highest BCUT2D eigenvalue weighted by molar-refractivity contribution is 5.75. The van der Waals surface area contributed by atoms with Crippen molar-refractivity contribution in [2.24, 2.45) is 5.84 Å². The van der Waals surface area contributed by atoms with Gasteiger partial charge in [-0.2, -0.15) is 0 Å². The van der Waals surface area contributed by atoms with Crippen LogP contribution in [-0.4, -0.2) is 35.9 Å². The fourth-order valence-electron chi connectivity index (χ4n) is 1.72. The Labute approximate surface area is 108 Å². The third kappa shape index (κ3) is 6.32. The average molecular weight is 250 g/mol. The molecule has 5 nitrogen and oxygen atoms in total. The van der Waals surface area contributed by atoms with E-state index in [1.807, 2.05) is 24.5 Å². The van der Waals surface area contributed by atoms with Crippen molar-refractivity contribution in [2.75, 3.05) is 20.1 Å². The van der Waals surface area contributed by atoms with Crippen molar-refractivity contribution in [3.05, 3.63) is 30.1 Å². The molecule has 0 saturated carbocycles. The number of amides is 1. The largest absolute Gasteiger partial charge is 0.306 e. The summed E-state index contributed by atoms with van der Waals surface area (Å²) < 4.78 is 0. The van der Waals surface area contributed by atoms with Gasteiger partial charge in [0.15, 0.2) is 0 Å². The molecule has 0 aromatic carbocycles. The topological polar surface area (TPSA) is 71.2 Å². The highest BCUT2D eigenvalue weighted by Crippen LogP contribution is 2.01. The molecule has 0 spiro atoms. The molecule has 0 bridgehead atoms. The first kappa shape index (κ1) is 14.6. The Bertz CT molecular complexity index is 342. The van der Waals surface area contributed by atoms with Crippen LogP contribution in [0, 0.1) is 0 Å². The van der Waals surface area contributed by atoms with Gasteiger partial charge in [-0.15, -0.1) is 0 Å². The Morgan fingerprint density at radius 1 is 1.33 bits per heavy atom. The SMILES string of the molecule is CN(CCCCC(=O)NN)CCc1ccncc1. The predicted octanol–water partition coefficient (Wildman–Crippen LogP) is 0.716. The minimum atomic E-state index is -0.0885. The first-order valence-corrected chi connectivity index (χ1v) is 6.29. The number of hydrazine groups is 1. The molecule has 1 aromatic rings. The zero-order chi connectivity index (χ0) is 13.2. The summed E-state index contributed by atoms with van der Waals surface area (Å²) in [4.78, 5) is 17.2. The van der Waals surface area contributed by atoms with Gasteiger partial charge >= 0.3 is 0 Å². The monoisotopic (exact) mass is 250 g/mol. The summed E-state index contributed by atoms with van der Waals surface area (Å²) in [6, 6.07) is 4.08. The van der Waals surface area contributed by atoms with Gasteiger partial charge in [0.1, 0.15) is 0 Å². The number of pyridine rings is 1. The van der Waals surface area contributed by atoms with Crippen molar-refractivity contribution >= 4 is 5.91 Å². The molecule has 0 aliphatic carbocycles. The maximum absolute atomic E-state index is 10.9. The molecule has 1 heterocycles. The maximum Gasteiger partial charge on any atom is 0.233 e. The maximum atomic E-state index is 10.9. The Hall–Kier alpha value is -1.46. The number of likely N-dealkylation sites (N-methyl/N-ethyl adjacent to an activating group) is 1. The molecule has 0 unspecified atom stereocenters. The number of hydrogen-bond donors (Lipinski definition) is 2. The van der Waals surface area contributed by atoms with Crippen LogP contribution in [0.3, 0.4) is 0 Å². The summed E-state index contributed by atoms with van der Waals surface area (Å²) in [5.41, 5.74) is 3.45. The fraction of sp³-hybridized carbons (Fsp3) is 0.538. The molecule has 1 amide bonds. The van der Waals surface area contributed by atoms with Crippen LogP contribution in [0.1, 0.15) is 24.8 Å². The molecule has 1 aromatic heterocycles. The number of aromatic nitrogens is 1. The van der Waals surface area contributed by atoms with Gasteiger partial charge in [0, 0.05) is 25.4 Å².